The van der Waals surface area contributed by atoms with Crippen molar-refractivity contribution in [2.24, 2.45) is 0 Å². The van der Waals surface area contributed by atoms with Gasteiger partial charge >= 0.3 is 0 Å². The van der Waals surface area contributed by atoms with Gasteiger partial charge in [-0.25, -0.2) is 0 Å². The molecule has 3 rings (SSSR count). The van der Waals surface area contributed by atoms with Crippen LogP contribution in [0.4, 0.5) is 11.4 Å². The van der Waals surface area contributed by atoms with Gasteiger partial charge in [-0.2, -0.15) is 0 Å². The van der Waals surface area contributed by atoms with Crippen LogP contribution < -0.4 is 5.32 Å². The van der Waals surface area contributed by atoms with Crippen LogP contribution in [-0.2, 0) is 11.4 Å². The third-order valence-electron chi connectivity index (χ3n) is 5.47. The number of anilines is 2. The minimum absolute atomic E-state index is 0. The van der Waals surface area contributed by atoms with Crippen LogP contribution in [0.25, 0.3) is 10.9 Å². The van der Waals surface area contributed by atoms with E-state index in [0.717, 1.165) is 60.2 Å². The van der Waals surface area contributed by atoms with E-state index in [1.54, 1.807) is 12.3 Å². The molecule has 0 aliphatic heterocycles. The maximum Gasteiger partial charge on any atom is 0.294 e. The predicted molar refractivity (Wildman–Crippen MR) is 152 cm³/mol. The maximum atomic E-state index is 10.4. The first kappa shape index (κ1) is 33.8. The van der Waals surface area contributed by atoms with E-state index < -0.39 is 5.09 Å². The third kappa shape index (κ3) is 10.4. The monoisotopic (exact) mass is 580 g/mol. The molecule has 0 aliphatic carbocycles. The summed E-state index contributed by atoms with van der Waals surface area (Å²) in [5, 5.41) is 24.9. The molecule has 36 heavy (non-hydrogen) atoms. The average molecular weight is 582 g/mol. The summed E-state index contributed by atoms with van der Waals surface area (Å²) in [5.74, 6) is 0.266. The average Bonchev–Trinajstić information content (AvgIpc) is 2.79. The topological polar surface area (TPSA) is 101 Å². The fraction of sp³-hybridized carbons (Fsp3) is 0.375. The van der Waals surface area contributed by atoms with Crippen LogP contribution >= 0.6 is 48.8 Å². The summed E-state index contributed by atoms with van der Waals surface area (Å²) in [6.07, 6.45) is 5.27. The molecule has 0 saturated carbocycles. The molecule has 12 heteroatoms. The van der Waals surface area contributed by atoms with Gasteiger partial charge in [0.1, 0.15) is 5.75 Å². The molecule has 0 spiro atoms. The van der Waals surface area contributed by atoms with Crippen LogP contribution in [-0.4, -0.2) is 39.8 Å². The number of aromatic hydroxyl groups is 1. The number of rotatable bonds is 13. The highest BCUT2D eigenvalue weighted by molar-refractivity contribution is 6.31. The summed E-state index contributed by atoms with van der Waals surface area (Å²) in [7, 11) is 0. The predicted octanol–water partition coefficient (Wildman–Crippen LogP) is 7.19. The zero-order chi connectivity index (χ0) is 23.6. The Bertz CT molecular complexity index is 1090. The van der Waals surface area contributed by atoms with Gasteiger partial charge in [0.2, 0.25) is 0 Å². The van der Waals surface area contributed by atoms with E-state index >= 15 is 0 Å². The molecular formula is C24H32Cl4N4O4. The molecule has 0 fully saturated rings. The van der Waals surface area contributed by atoms with Crippen molar-refractivity contribution in [1.82, 2.24) is 9.88 Å². The lowest BCUT2D eigenvalue weighted by atomic mass is 10.1. The lowest BCUT2D eigenvalue weighted by Crippen LogP contribution is -2.24. The molecule has 3 aromatic rings. The second kappa shape index (κ2) is 17.3. The number of benzene rings is 2. The molecular weight excluding hydrogens is 550 g/mol. The van der Waals surface area contributed by atoms with E-state index in [1.807, 2.05) is 36.4 Å². The van der Waals surface area contributed by atoms with Gasteiger partial charge in [0, 0.05) is 40.1 Å². The normalized spacial score (nSPS) is 10.2. The minimum atomic E-state index is -0.749. The van der Waals surface area contributed by atoms with E-state index in [4.69, 9.17) is 11.6 Å². The number of hydrogen-bond acceptors (Lipinski definition) is 7. The summed E-state index contributed by atoms with van der Waals surface area (Å²) in [6.45, 7) is 4.63. The summed E-state index contributed by atoms with van der Waals surface area (Å²) in [6, 6.07) is 13.1. The van der Waals surface area contributed by atoms with Crippen LogP contribution in [0.15, 0.2) is 48.7 Å². The molecule has 2 N–H and O–H groups in total. The number of fused-ring (bicyclic) bond motifs is 1. The van der Waals surface area contributed by atoms with Gasteiger partial charge in [-0.15, -0.1) is 47.3 Å². The van der Waals surface area contributed by atoms with Gasteiger partial charge in [0.15, 0.2) is 0 Å². The Hall–Kier alpha value is -2.23. The lowest BCUT2D eigenvalue weighted by Gasteiger charge is -2.21. The van der Waals surface area contributed by atoms with Crippen LogP contribution in [0.1, 0.15) is 38.2 Å². The first-order valence-corrected chi connectivity index (χ1v) is 11.5. The largest absolute Gasteiger partial charge is 0.508 e. The van der Waals surface area contributed by atoms with Gasteiger partial charge in [-0.1, -0.05) is 31.4 Å². The second-order valence-corrected chi connectivity index (χ2v) is 8.26. The Kier molecular flexibility index (Phi) is 16.2. The fourth-order valence-corrected chi connectivity index (χ4v) is 3.86. The van der Waals surface area contributed by atoms with Gasteiger partial charge in [-0.05, 0) is 68.4 Å². The van der Waals surface area contributed by atoms with E-state index in [-0.39, 0.29) is 49.6 Å². The Morgan fingerprint density at radius 3 is 2.56 bits per heavy atom. The summed E-state index contributed by atoms with van der Waals surface area (Å²) in [4.78, 5) is 21.1. The zero-order valence-corrected chi connectivity index (χ0v) is 23.1. The smallest absolute Gasteiger partial charge is 0.294 e. The van der Waals surface area contributed by atoms with Crippen molar-refractivity contribution in [3.8, 4) is 5.75 Å². The van der Waals surface area contributed by atoms with Gasteiger partial charge in [0.25, 0.3) is 5.09 Å². The van der Waals surface area contributed by atoms with Crippen molar-refractivity contribution in [3.63, 3.8) is 0 Å². The lowest BCUT2D eigenvalue weighted by molar-refractivity contribution is -0.757. The molecule has 1 aromatic heterocycles. The molecule has 0 radical (unpaired) electrons. The Labute approximate surface area is 234 Å². The van der Waals surface area contributed by atoms with Crippen LogP contribution in [0.2, 0.25) is 5.02 Å². The molecule has 0 bridgehead atoms. The number of unbranched alkanes of at least 4 members (excludes halogenated alkanes) is 3. The second-order valence-electron chi connectivity index (χ2n) is 7.83. The third-order valence-corrected chi connectivity index (χ3v) is 5.70. The van der Waals surface area contributed by atoms with Crippen LogP contribution in [0, 0.1) is 10.1 Å². The van der Waals surface area contributed by atoms with E-state index in [2.05, 4.69) is 27.0 Å². The first-order valence-electron chi connectivity index (χ1n) is 11.1. The van der Waals surface area contributed by atoms with E-state index in [1.165, 1.54) is 0 Å². The molecule has 2 aromatic carbocycles. The van der Waals surface area contributed by atoms with Crippen LogP contribution in [0.5, 0.6) is 5.75 Å². The quantitative estimate of drug-likeness (QED) is 0.0952. The van der Waals surface area contributed by atoms with Gasteiger partial charge in [-0.3, -0.25) is 9.88 Å². The van der Waals surface area contributed by atoms with Gasteiger partial charge in [0.05, 0.1) is 12.1 Å². The highest BCUT2D eigenvalue weighted by atomic mass is 35.5. The number of pyridine rings is 1. The molecule has 1 heterocycles. The highest BCUT2D eigenvalue weighted by Gasteiger charge is 2.10. The number of nitrogens with zero attached hydrogens (tertiary/aromatic N) is 3. The van der Waals surface area contributed by atoms with Crippen molar-refractivity contribution >= 4 is 71.1 Å². The minimum Gasteiger partial charge on any atom is -0.508 e. The number of aromatic nitrogens is 1. The molecule has 0 amide bonds. The van der Waals surface area contributed by atoms with Crippen LogP contribution in [0.3, 0.4) is 0 Å². The Morgan fingerprint density at radius 2 is 1.83 bits per heavy atom. The molecule has 200 valence electrons. The zero-order valence-electron chi connectivity index (χ0n) is 19.9. The number of nitrogens with one attached hydrogen (secondary N) is 1. The van der Waals surface area contributed by atoms with E-state index in [0.29, 0.717) is 18.0 Å². The van der Waals surface area contributed by atoms with Crippen molar-refractivity contribution in [1.29, 1.82) is 0 Å². The fourth-order valence-electron chi connectivity index (χ4n) is 3.70. The molecule has 8 nitrogen and oxygen atoms in total. The summed E-state index contributed by atoms with van der Waals surface area (Å²) < 4.78 is 0. The molecule has 0 unspecified atom stereocenters. The Morgan fingerprint density at radius 1 is 1.08 bits per heavy atom. The van der Waals surface area contributed by atoms with Crippen molar-refractivity contribution in [3.05, 3.63) is 69.4 Å². The standard InChI is InChI=1S/C24H29ClN4O4.3ClH/c1-2-28(13-5-3-4-6-14-33-29(31)32)17-18-15-20(8-10-24(18)30)27-22-11-12-26-23-16-19(25)7-9-21(22)23;;;/h7-12,15-16,30H,2-6,13-14,17H2,1H3,(H,26,27);3*1H. The molecule has 0 aliphatic rings. The highest BCUT2D eigenvalue weighted by Crippen LogP contribution is 2.29. The number of phenolic OH excluding ortho intramolecular Hbond substituents is 1. The van der Waals surface area contributed by atoms with E-state index in [9.17, 15) is 15.2 Å². The molecule has 0 atom stereocenters. The number of phenols is 1. The number of hydrogen-bond donors (Lipinski definition) is 2. The molecule has 0 saturated heterocycles. The van der Waals surface area contributed by atoms with Crippen molar-refractivity contribution in [2.45, 2.75) is 39.2 Å². The maximum absolute atomic E-state index is 10.4. The van der Waals surface area contributed by atoms with Crippen molar-refractivity contribution < 1.29 is 15.0 Å². The summed E-state index contributed by atoms with van der Waals surface area (Å²) in [5.41, 5.74) is 3.46. The first-order chi connectivity index (χ1) is 16.0. The van der Waals surface area contributed by atoms with Crippen molar-refractivity contribution in [2.75, 3.05) is 25.0 Å². The number of halogens is 4. The van der Waals surface area contributed by atoms with Gasteiger partial charge < -0.3 is 15.3 Å². The SMILES string of the molecule is CCN(CCCCCCO[N+](=O)[O-])Cc1cc(Nc2ccnc3cc(Cl)ccc23)ccc1O.Cl.Cl.Cl. The summed E-state index contributed by atoms with van der Waals surface area (Å²) >= 11 is 6.09. The Balaban J connectivity index is 0.00000408.